The molecule has 34 heavy (non-hydrogen) atoms. The average molecular weight is 499 g/mol. The van der Waals surface area contributed by atoms with E-state index in [2.05, 4.69) is 10.3 Å². The quantitative estimate of drug-likeness (QED) is 0.298. The Morgan fingerprint density at radius 2 is 1.79 bits per heavy atom. The van der Waals surface area contributed by atoms with Crippen LogP contribution in [0.3, 0.4) is 0 Å². The first-order valence-electron chi connectivity index (χ1n) is 10.0. The fourth-order valence-electron chi connectivity index (χ4n) is 3.25. The number of rotatable bonds is 7. The van der Waals surface area contributed by atoms with Gasteiger partial charge in [0.15, 0.2) is 5.16 Å². The number of para-hydroxylation sites is 1. The molecule has 0 bridgehead atoms. The van der Waals surface area contributed by atoms with E-state index < -0.39 is 15.9 Å². The molecule has 0 atom stereocenters. The molecule has 0 unspecified atom stereocenters. The van der Waals surface area contributed by atoms with Gasteiger partial charge in [-0.1, -0.05) is 42.1 Å². The van der Waals surface area contributed by atoms with Gasteiger partial charge in [0.2, 0.25) is 15.9 Å². The molecule has 1 aromatic heterocycles. The summed E-state index contributed by atoms with van der Waals surface area (Å²) in [6.45, 7) is 0.150. The van der Waals surface area contributed by atoms with Crippen molar-refractivity contribution in [2.24, 2.45) is 5.14 Å². The van der Waals surface area contributed by atoms with Crippen LogP contribution < -0.4 is 16.0 Å². The van der Waals surface area contributed by atoms with E-state index in [1.54, 1.807) is 36.4 Å². The van der Waals surface area contributed by atoms with E-state index in [0.717, 1.165) is 11.8 Å². The molecular weight excluding hydrogens is 479 g/mol. The topological polar surface area (TPSA) is 124 Å². The third-order valence-corrected chi connectivity index (χ3v) is 6.75. The highest BCUT2D eigenvalue weighted by atomic mass is 32.2. The molecule has 0 saturated heterocycles. The summed E-state index contributed by atoms with van der Waals surface area (Å²) in [5, 5.41) is 8.50. The third kappa shape index (κ3) is 5.50. The van der Waals surface area contributed by atoms with Crippen LogP contribution in [0.1, 0.15) is 5.56 Å². The maximum atomic E-state index is 13.3. The number of thioether (sulfide) groups is 1. The zero-order chi connectivity index (χ0) is 24.3. The van der Waals surface area contributed by atoms with Crippen molar-refractivity contribution >= 4 is 44.3 Å². The molecule has 0 spiro atoms. The molecule has 8 nitrogen and oxygen atoms in total. The summed E-state index contributed by atoms with van der Waals surface area (Å²) in [6.07, 6.45) is 0. The number of carbonyl (C=O) groups is 1. The fourth-order valence-corrected chi connectivity index (χ4v) is 4.61. The molecule has 4 rings (SSSR count). The number of hydrogen-bond acceptors (Lipinski definition) is 6. The van der Waals surface area contributed by atoms with E-state index >= 15 is 0 Å². The van der Waals surface area contributed by atoms with Crippen LogP contribution in [0.15, 0.2) is 87.6 Å². The number of carbonyl (C=O) groups excluding carboxylic acids is 1. The number of amides is 1. The zero-order valence-electron chi connectivity index (χ0n) is 17.6. The number of benzene rings is 3. The lowest BCUT2D eigenvalue weighted by Gasteiger charge is -2.13. The molecule has 0 aliphatic rings. The summed E-state index contributed by atoms with van der Waals surface area (Å²) in [4.78, 5) is 30.1. The summed E-state index contributed by atoms with van der Waals surface area (Å²) in [7, 11) is -3.91. The van der Waals surface area contributed by atoms with Crippen molar-refractivity contribution in [3.8, 4) is 0 Å². The van der Waals surface area contributed by atoms with Gasteiger partial charge in [-0.05, 0) is 48.0 Å². The highest BCUT2D eigenvalue weighted by Gasteiger charge is 2.15. The van der Waals surface area contributed by atoms with Gasteiger partial charge in [-0.2, -0.15) is 0 Å². The fraction of sp³-hybridized carbons (Fsp3) is 0.0870. The first-order valence-corrected chi connectivity index (χ1v) is 12.5. The minimum Gasteiger partial charge on any atom is -0.325 e. The first kappa shape index (κ1) is 23.6. The molecule has 0 aliphatic carbocycles. The van der Waals surface area contributed by atoms with E-state index in [-0.39, 0.29) is 34.3 Å². The second-order valence-corrected chi connectivity index (χ2v) is 9.84. The number of nitrogens with zero attached hydrogens (tertiary/aromatic N) is 2. The summed E-state index contributed by atoms with van der Waals surface area (Å²) in [5.74, 6) is -0.897. The van der Waals surface area contributed by atoms with Crippen LogP contribution in [0.25, 0.3) is 10.9 Å². The molecule has 0 fully saturated rings. The van der Waals surface area contributed by atoms with Gasteiger partial charge in [0.05, 0.1) is 28.1 Å². The normalized spacial score (nSPS) is 11.5. The van der Waals surface area contributed by atoms with Crippen molar-refractivity contribution in [1.29, 1.82) is 0 Å². The zero-order valence-corrected chi connectivity index (χ0v) is 19.3. The first-order chi connectivity index (χ1) is 16.2. The lowest BCUT2D eigenvalue weighted by Crippen LogP contribution is -2.25. The van der Waals surface area contributed by atoms with Crippen molar-refractivity contribution in [3.05, 3.63) is 94.5 Å². The van der Waals surface area contributed by atoms with Crippen LogP contribution in [0.4, 0.5) is 10.1 Å². The van der Waals surface area contributed by atoms with Crippen LogP contribution in [0, 0.1) is 5.82 Å². The summed E-state index contributed by atoms with van der Waals surface area (Å²) in [5.41, 5.74) is 1.18. The third-order valence-electron chi connectivity index (χ3n) is 4.86. The molecule has 174 valence electrons. The smallest absolute Gasteiger partial charge is 0.262 e. The van der Waals surface area contributed by atoms with E-state index in [4.69, 9.17) is 5.14 Å². The molecule has 1 amide bonds. The van der Waals surface area contributed by atoms with E-state index in [1.807, 2.05) is 0 Å². The molecule has 3 aromatic carbocycles. The predicted octanol–water partition coefficient (Wildman–Crippen LogP) is 2.96. The molecule has 11 heteroatoms. The van der Waals surface area contributed by atoms with Crippen LogP contribution in [0.2, 0.25) is 0 Å². The lowest BCUT2D eigenvalue weighted by molar-refractivity contribution is -0.113. The van der Waals surface area contributed by atoms with Gasteiger partial charge in [-0.25, -0.2) is 22.9 Å². The minimum absolute atomic E-state index is 0.0895. The highest BCUT2D eigenvalue weighted by molar-refractivity contribution is 7.99. The number of sulfonamides is 1. The molecule has 3 N–H and O–H groups in total. The summed E-state index contributed by atoms with van der Waals surface area (Å²) < 4.78 is 37.8. The SMILES string of the molecule is NS(=O)(=O)c1cccc(NC(=O)CSc2nc3ccccc3c(=O)n2Cc2ccc(F)cc2)c1. The summed E-state index contributed by atoms with van der Waals surface area (Å²) >= 11 is 1.06. The molecule has 1 heterocycles. The highest BCUT2D eigenvalue weighted by Crippen LogP contribution is 2.20. The minimum atomic E-state index is -3.91. The number of hydrogen-bond donors (Lipinski definition) is 2. The average Bonchev–Trinajstić information content (AvgIpc) is 2.81. The molecule has 4 aromatic rings. The number of nitrogens with two attached hydrogens (primary N) is 1. The predicted molar refractivity (Wildman–Crippen MR) is 129 cm³/mol. The van der Waals surface area contributed by atoms with Crippen molar-refractivity contribution < 1.29 is 17.6 Å². The number of aromatic nitrogens is 2. The van der Waals surface area contributed by atoms with Gasteiger partial charge in [-0.15, -0.1) is 0 Å². The van der Waals surface area contributed by atoms with Gasteiger partial charge in [0, 0.05) is 5.69 Å². The van der Waals surface area contributed by atoms with Gasteiger partial charge in [0.1, 0.15) is 5.82 Å². The Bertz CT molecular complexity index is 1540. The standard InChI is InChI=1S/C23H19FN4O4S2/c24-16-10-8-15(9-11-16)13-28-22(30)19-6-1-2-7-20(19)27-23(28)33-14-21(29)26-17-4-3-5-18(12-17)34(25,31)32/h1-12H,13-14H2,(H,26,29)(H2,25,31,32). The Labute approximate surface area is 198 Å². The monoisotopic (exact) mass is 498 g/mol. The number of nitrogens with one attached hydrogen (secondary N) is 1. The number of anilines is 1. The number of halogens is 1. The van der Waals surface area contributed by atoms with Crippen LogP contribution >= 0.6 is 11.8 Å². The van der Waals surface area contributed by atoms with Crippen molar-refractivity contribution in [1.82, 2.24) is 9.55 Å². The Hall–Kier alpha value is -3.54. The number of fused-ring (bicyclic) bond motifs is 1. The largest absolute Gasteiger partial charge is 0.325 e. The van der Waals surface area contributed by atoms with Crippen molar-refractivity contribution in [2.45, 2.75) is 16.6 Å². The van der Waals surface area contributed by atoms with E-state index in [9.17, 15) is 22.4 Å². The second-order valence-electron chi connectivity index (χ2n) is 7.34. The van der Waals surface area contributed by atoms with Crippen molar-refractivity contribution in [3.63, 3.8) is 0 Å². The molecule has 0 aliphatic heterocycles. The Balaban J connectivity index is 1.59. The summed E-state index contributed by atoms with van der Waals surface area (Å²) in [6, 6.07) is 18.3. The second kappa shape index (κ2) is 9.75. The van der Waals surface area contributed by atoms with E-state index in [0.29, 0.717) is 21.6 Å². The maximum absolute atomic E-state index is 13.3. The molecular formula is C23H19FN4O4S2. The Kier molecular flexibility index (Phi) is 6.77. The number of primary sulfonamides is 1. The lowest BCUT2D eigenvalue weighted by atomic mass is 10.2. The van der Waals surface area contributed by atoms with Gasteiger partial charge < -0.3 is 5.32 Å². The molecule has 0 saturated carbocycles. The van der Waals surface area contributed by atoms with Crippen LogP contribution in [0.5, 0.6) is 0 Å². The van der Waals surface area contributed by atoms with Gasteiger partial charge >= 0.3 is 0 Å². The maximum Gasteiger partial charge on any atom is 0.262 e. The van der Waals surface area contributed by atoms with E-state index in [1.165, 1.54) is 41.0 Å². The van der Waals surface area contributed by atoms with Crippen LogP contribution in [-0.2, 0) is 21.4 Å². The van der Waals surface area contributed by atoms with Gasteiger partial charge in [0.25, 0.3) is 5.56 Å². The van der Waals surface area contributed by atoms with Gasteiger partial charge in [-0.3, -0.25) is 14.2 Å². The Morgan fingerprint density at radius 3 is 2.53 bits per heavy atom. The Morgan fingerprint density at radius 1 is 1.06 bits per heavy atom. The van der Waals surface area contributed by atoms with Crippen LogP contribution in [-0.4, -0.2) is 29.6 Å². The molecule has 0 radical (unpaired) electrons. The van der Waals surface area contributed by atoms with Crippen molar-refractivity contribution in [2.75, 3.05) is 11.1 Å².